The minimum Gasteiger partial charge on any atom is -0.345 e. The van der Waals surface area contributed by atoms with Crippen LogP contribution in [0.2, 0.25) is 0 Å². The van der Waals surface area contributed by atoms with E-state index in [1.807, 2.05) is 0 Å². The molecule has 0 aliphatic carbocycles. The van der Waals surface area contributed by atoms with Crippen molar-refractivity contribution in [3.63, 3.8) is 0 Å². The number of carbonyl (C=O) groups excluding carboxylic acids is 1. The Kier molecular flexibility index (Phi) is 6.25. The Hall–Kier alpha value is -2.37. The lowest BCUT2D eigenvalue weighted by molar-refractivity contribution is 0.0939. The van der Waals surface area contributed by atoms with Gasteiger partial charge in [-0.2, -0.15) is 0 Å². The summed E-state index contributed by atoms with van der Waals surface area (Å²) < 4.78 is 77.1. The van der Waals surface area contributed by atoms with Crippen molar-refractivity contribution >= 4 is 25.8 Å². The molecular weight excluding hydrogens is 438 g/mol. The van der Waals surface area contributed by atoms with E-state index >= 15 is 0 Å². The van der Waals surface area contributed by atoms with Crippen molar-refractivity contribution in [1.82, 2.24) is 10.0 Å². The highest BCUT2D eigenvalue weighted by Crippen LogP contribution is 2.19. The number of amides is 1. The highest BCUT2D eigenvalue weighted by atomic mass is 32.2. The van der Waals surface area contributed by atoms with Gasteiger partial charge >= 0.3 is 0 Å². The highest BCUT2D eigenvalue weighted by Gasteiger charge is 2.31. The number of halogens is 2. The average molecular weight is 459 g/mol. The van der Waals surface area contributed by atoms with Crippen LogP contribution in [0.3, 0.4) is 0 Å². The first-order valence-corrected chi connectivity index (χ1v) is 12.4. The second-order valence-corrected chi connectivity index (χ2v) is 11.0. The molecule has 0 radical (unpaired) electrons. The molecule has 162 valence electrons. The first kappa shape index (κ1) is 22.3. The molecule has 2 aromatic rings. The first-order valence-electron chi connectivity index (χ1n) is 9.05. The molecule has 1 fully saturated rings. The fraction of sp³-hybridized carbons (Fsp3) is 0.316. The van der Waals surface area contributed by atoms with Gasteiger partial charge in [-0.05, 0) is 43.7 Å². The van der Waals surface area contributed by atoms with Gasteiger partial charge in [0.15, 0.2) is 9.84 Å². The van der Waals surface area contributed by atoms with Crippen LogP contribution in [-0.2, 0) is 19.9 Å². The Morgan fingerprint density at radius 3 is 2.37 bits per heavy atom. The maximum atomic E-state index is 13.9. The molecule has 0 saturated carbocycles. The summed E-state index contributed by atoms with van der Waals surface area (Å²) in [5.74, 6) is -2.39. The van der Waals surface area contributed by atoms with Gasteiger partial charge in [0.05, 0.1) is 22.4 Å². The van der Waals surface area contributed by atoms with Crippen molar-refractivity contribution in [3.8, 4) is 0 Å². The zero-order valence-corrected chi connectivity index (χ0v) is 17.6. The Labute approximate surface area is 173 Å². The van der Waals surface area contributed by atoms with E-state index in [2.05, 4.69) is 10.0 Å². The predicted molar refractivity (Wildman–Crippen MR) is 106 cm³/mol. The fourth-order valence-electron chi connectivity index (χ4n) is 3.17. The Morgan fingerprint density at radius 1 is 1.13 bits per heavy atom. The van der Waals surface area contributed by atoms with Crippen molar-refractivity contribution in [3.05, 3.63) is 65.2 Å². The van der Waals surface area contributed by atoms with Crippen molar-refractivity contribution in [2.45, 2.75) is 30.3 Å². The summed E-state index contributed by atoms with van der Waals surface area (Å²) in [5, 5.41) is 2.57. The zero-order chi connectivity index (χ0) is 22.1. The van der Waals surface area contributed by atoms with E-state index < -0.39 is 49.5 Å². The molecule has 3 rings (SSSR count). The van der Waals surface area contributed by atoms with Gasteiger partial charge in [0.25, 0.3) is 5.91 Å². The van der Waals surface area contributed by atoms with Gasteiger partial charge in [-0.1, -0.05) is 6.07 Å². The summed E-state index contributed by atoms with van der Waals surface area (Å²) in [6, 6.07) is 6.66. The van der Waals surface area contributed by atoms with E-state index in [0.717, 1.165) is 12.1 Å². The van der Waals surface area contributed by atoms with Crippen LogP contribution in [0.25, 0.3) is 0 Å². The van der Waals surface area contributed by atoms with Gasteiger partial charge in [0, 0.05) is 23.2 Å². The topological polar surface area (TPSA) is 109 Å². The van der Waals surface area contributed by atoms with Crippen LogP contribution in [0.15, 0.2) is 47.4 Å². The standard InChI is InChI=1S/C19H20F2N2O5S2/c1-12(17-7-4-14(20)10-18(17)21)22-19(24)13-2-5-16(6-3-13)30(27,28)23-15-8-9-29(25,26)11-15/h2-7,10,12,15,23H,8-9,11H2,1H3,(H,22,24)/t12-,15+/m0/s1. The number of rotatable bonds is 6. The molecule has 0 aromatic heterocycles. The molecular formula is C19H20F2N2O5S2. The molecule has 1 heterocycles. The van der Waals surface area contributed by atoms with Crippen LogP contribution in [0, 0.1) is 11.6 Å². The van der Waals surface area contributed by atoms with Crippen LogP contribution >= 0.6 is 0 Å². The molecule has 30 heavy (non-hydrogen) atoms. The minimum atomic E-state index is -3.94. The highest BCUT2D eigenvalue weighted by molar-refractivity contribution is 7.92. The van der Waals surface area contributed by atoms with E-state index in [9.17, 15) is 30.4 Å². The number of sulfone groups is 1. The summed E-state index contributed by atoms with van der Waals surface area (Å²) in [4.78, 5) is 12.3. The number of carbonyl (C=O) groups is 1. The van der Waals surface area contributed by atoms with Gasteiger partial charge in [0.1, 0.15) is 11.6 Å². The van der Waals surface area contributed by atoms with Crippen LogP contribution in [0.4, 0.5) is 8.78 Å². The van der Waals surface area contributed by atoms with Crippen molar-refractivity contribution in [2.24, 2.45) is 0 Å². The summed E-state index contributed by atoms with van der Waals surface area (Å²) >= 11 is 0. The predicted octanol–water partition coefficient (Wildman–Crippen LogP) is 1.92. The molecule has 0 unspecified atom stereocenters. The molecule has 2 aromatic carbocycles. The molecule has 1 amide bonds. The first-order chi connectivity index (χ1) is 14.0. The van der Waals surface area contributed by atoms with Crippen LogP contribution in [0.5, 0.6) is 0 Å². The number of nitrogens with one attached hydrogen (secondary N) is 2. The third-order valence-electron chi connectivity index (χ3n) is 4.76. The molecule has 11 heteroatoms. The number of hydrogen-bond donors (Lipinski definition) is 2. The van der Waals surface area contributed by atoms with Crippen LogP contribution in [-0.4, -0.2) is 40.3 Å². The second-order valence-electron chi connectivity index (χ2n) is 7.11. The van der Waals surface area contributed by atoms with Crippen LogP contribution in [0.1, 0.15) is 35.3 Å². The third-order valence-corrected chi connectivity index (χ3v) is 8.06. The maximum Gasteiger partial charge on any atom is 0.251 e. The van der Waals surface area contributed by atoms with Crippen LogP contribution < -0.4 is 10.0 Å². The quantitative estimate of drug-likeness (QED) is 0.688. The smallest absolute Gasteiger partial charge is 0.251 e. The van der Waals surface area contributed by atoms with E-state index in [1.54, 1.807) is 0 Å². The van der Waals surface area contributed by atoms with Crippen molar-refractivity contribution < 1.29 is 30.4 Å². The molecule has 1 aliphatic rings. The Bertz CT molecular complexity index is 1170. The Balaban J connectivity index is 1.68. The van der Waals surface area contributed by atoms with Crippen molar-refractivity contribution in [2.75, 3.05) is 11.5 Å². The molecule has 2 N–H and O–H groups in total. The van der Waals surface area contributed by atoms with E-state index in [-0.39, 0.29) is 33.9 Å². The summed E-state index contributed by atoms with van der Waals surface area (Å²) in [6.45, 7) is 1.53. The van der Waals surface area contributed by atoms with Gasteiger partial charge in [-0.25, -0.2) is 30.3 Å². The molecule has 7 nitrogen and oxygen atoms in total. The largest absolute Gasteiger partial charge is 0.345 e. The van der Waals surface area contributed by atoms with Gasteiger partial charge < -0.3 is 5.32 Å². The van der Waals surface area contributed by atoms with E-state index in [1.165, 1.54) is 37.3 Å². The van der Waals surface area contributed by atoms with Gasteiger partial charge in [-0.15, -0.1) is 0 Å². The van der Waals surface area contributed by atoms with Crippen molar-refractivity contribution in [1.29, 1.82) is 0 Å². The zero-order valence-electron chi connectivity index (χ0n) is 15.9. The lowest BCUT2D eigenvalue weighted by Crippen LogP contribution is -2.35. The van der Waals surface area contributed by atoms with E-state index in [4.69, 9.17) is 0 Å². The Morgan fingerprint density at radius 2 is 1.80 bits per heavy atom. The minimum absolute atomic E-state index is 0.0634. The molecule has 1 saturated heterocycles. The van der Waals surface area contributed by atoms with E-state index in [0.29, 0.717) is 0 Å². The molecule has 0 bridgehead atoms. The second kappa shape index (κ2) is 8.40. The number of hydrogen-bond acceptors (Lipinski definition) is 5. The lowest BCUT2D eigenvalue weighted by atomic mass is 10.1. The summed E-state index contributed by atoms with van der Waals surface area (Å²) in [5.41, 5.74) is 0.256. The number of benzene rings is 2. The average Bonchev–Trinajstić information content (AvgIpc) is 2.99. The molecule has 2 atom stereocenters. The molecule has 1 aliphatic heterocycles. The summed E-state index contributed by atoms with van der Waals surface area (Å²) in [7, 11) is -7.18. The fourth-order valence-corrected chi connectivity index (χ4v) is 6.22. The third kappa shape index (κ3) is 5.21. The normalized spacial score (nSPS) is 19.4. The summed E-state index contributed by atoms with van der Waals surface area (Å²) in [6.07, 6.45) is 0.208. The lowest BCUT2D eigenvalue weighted by Gasteiger charge is -2.16. The SMILES string of the molecule is C[C@H](NC(=O)c1ccc(S(=O)(=O)N[C@@H]2CCS(=O)(=O)C2)cc1)c1ccc(F)cc1F. The van der Waals surface area contributed by atoms with Gasteiger partial charge in [-0.3, -0.25) is 4.79 Å². The van der Waals surface area contributed by atoms with Gasteiger partial charge in [0.2, 0.25) is 10.0 Å². The molecule has 0 spiro atoms. The maximum absolute atomic E-state index is 13.9. The monoisotopic (exact) mass is 458 g/mol. The number of sulfonamides is 1.